The van der Waals surface area contributed by atoms with Gasteiger partial charge in [0.15, 0.2) is 0 Å². The van der Waals surface area contributed by atoms with Gasteiger partial charge in [-0.15, -0.1) is 0 Å². The van der Waals surface area contributed by atoms with Crippen molar-refractivity contribution in [3.63, 3.8) is 0 Å². The van der Waals surface area contributed by atoms with Gasteiger partial charge in [-0.3, -0.25) is 4.79 Å². The number of nitrogens with two attached hydrogens (primary N) is 1. The van der Waals surface area contributed by atoms with Crippen LogP contribution in [0.1, 0.15) is 51.7 Å². The molecule has 3 N–H and O–H groups in total. The van der Waals surface area contributed by atoms with Crippen molar-refractivity contribution in [2.45, 2.75) is 58.0 Å². The molecule has 0 bridgehead atoms. The maximum Gasteiger partial charge on any atom is 0.223 e. The summed E-state index contributed by atoms with van der Waals surface area (Å²) in [6.45, 7) is 7.98. The van der Waals surface area contributed by atoms with Gasteiger partial charge in [0.05, 0.1) is 0 Å². The molecule has 1 unspecified atom stereocenters. The molecule has 110 valence electrons. The number of hydrogen-bond acceptors (Lipinski definition) is 2. The van der Waals surface area contributed by atoms with E-state index in [1.807, 2.05) is 27.7 Å². The Kier molecular flexibility index (Phi) is 3.92. The zero-order chi connectivity index (χ0) is 15.0. The smallest absolute Gasteiger partial charge is 0.223 e. The summed E-state index contributed by atoms with van der Waals surface area (Å²) in [6, 6.07) is 8.42. The molecule has 0 aromatic heterocycles. The molecule has 20 heavy (non-hydrogen) atoms. The molecule has 0 radical (unpaired) electrons. The third-order valence-corrected chi connectivity index (χ3v) is 3.81. The van der Waals surface area contributed by atoms with E-state index in [0.29, 0.717) is 0 Å². The third kappa shape index (κ3) is 3.83. The Labute approximate surface area is 121 Å². The molecule has 1 amide bonds. The summed E-state index contributed by atoms with van der Waals surface area (Å²) in [7, 11) is 0. The van der Waals surface area contributed by atoms with E-state index in [1.165, 1.54) is 11.1 Å². The lowest BCUT2D eigenvalue weighted by atomic mass is 9.96. The molecule has 1 fully saturated rings. The summed E-state index contributed by atoms with van der Waals surface area (Å²) in [6.07, 6.45) is 2.92. The van der Waals surface area contributed by atoms with Crippen LogP contribution in [-0.4, -0.2) is 11.4 Å². The highest BCUT2D eigenvalue weighted by Crippen LogP contribution is 2.42. The lowest BCUT2D eigenvalue weighted by Gasteiger charge is -2.23. The van der Waals surface area contributed by atoms with Gasteiger partial charge in [0.2, 0.25) is 5.91 Å². The van der Waals surface area contributed by atoms with Gasteiger partial charge in [0.1, 0.15) is 0 Å². The number of carbonyl (C=O) groups is 1. The maximum absolute atomic E-state index is 12.1. The van der Waals surface area contributed by atoms with Gasteiger partial charge in [0, 0.05) is 17.0 Å². The van der Waals surface area contributed by atoms with Gasteiger partial charge in [-0.2, -0.15) is 0 Å². The zero-order valence-electron chi connectivity index (χ0n) is 13.0. The van der Waals surface area contributed by atoms with Gasteiger partial charge in [0.25, 0.3) is 0 Å². The number of benzene rings is 1. The summed E-state index contributed by atoms with van der Waals surface area (Å²) in [5, 5.41) is 3.03. The molecule has 1 aliphatic rings. The van der Waals surface area contributed by atoms with Crippen LogP contribution in [0.4, 0.5) is 0 Å². The minimum absolute atomic E-state index is 0.0205. The predicted molar refractivity (Wildman–Crippen MR) is 82.3 cm³/mol. The van der Waals surface area contributed by atoms with Crippen LogP contribution in [-0.2, 0) is 16.8 Å². The first-order chi connectivity index (χ1) is 9.20. The molecule has 0 spiro atoms. The van der Waals surface area contributed by atoms with E-state index >= 15 is 0 Å². The standard InChI is InChI=1S/C17H26N2O/c1-12(15(20)19-16(2,3)4)11-13-5-7-14(8-6-13)17(18)9-10-17/h5-8,12H,9-11,18H2,1-4H3,(H,19,20). The van der Waals surface area contributed by atoms with Crippen LogP contribution in [0.15, 0.2) is 24.3 Å². The predicted octanol–water partition coefficient (Wildman–Crippen LogP) is 2.73. The second-order valence-electron chi connectivity index (χ2n) is 7.20. The summed E-state index contributed by atoms with van der Waals surface area (Å²) in [5.74, 6) is 0.0897. The van der Waals surface area contributed by atoms with Gasteiger partial charge in [-0.1, -0.05) is 31.2 Å². The Morgan fingerprint density at radius 1 is 1.30 bits per heavy atom. The quantitative estimate of drug-likeness (QED) is 0.887. The van der Waals surface area contributed by atoms with E-state index in [1.54, 1.807) is 0 Å². The average Bonchev–Trinajstić information content (AvgIpc) is 3.07. The van der Waals surface area contributed by atoms with Crippen LogP contribution in [0.2, 0.25) is 0 Å². The van der Waals surface area contributed by atoms with Crippen LogP contribution >= 0.6 is 0 Å². The molecule has 1 aromatic rings. The normalized spacial score (nSPS) is 18.4. The monoisotopic (exact) mass is 274 g/mol. The second kappa shape index (κ2) is 5.21. The lowest BCUT2D eigenvalue weighted by molar-refractivity contribution is -0.125. The SMILES string of the molecule is CC(Cc1ccc(C2(N)CC2)cc1)C(=O)NC(C)(C)C. The highest BCUT2D eigenvalue weighted by molar-refractivity contribution is 5.79. The molecule has 0 heterocycles. The van der Waals surface area contributed by atoms with Crippen molar-refractivity contribution >= 4 is 5.91 Å². The summed E-state index contributed by atoms with van der Waals surface area (Å²) < 4.78 is 0. The van der Waals surface area contributed by atoms with E-state index in [-0.39, 0.29) is 22.9 Å². The minimum Gasteiger partial charge on any atom is -0.351 e. The topological polar surface area (TPSA) is 55.1 Å². The van der Waals surface area contributed by atoms with Gasteiger partial charge < -0.3 is 11.1 Å². The lowest BCUT2D eigenvalue weighted by Crippen LogP contribution is -2.43. The first-order valence-corrected chi connectivity index (χ1v) is 7.40. The molecule has 1 saturated carbocycles. The van der Waals surface area contributed by atoms with E-state index < -0.39 is 0 Å². The van der Waals surface area contributed by atoms with E-state index in [0.717, 1.165) is 19.3 Å². The molecule has 3 heteroatoms. The molecule has 0 saturated heterocycles. The zero-order valence-corrected chi connectivity index (χ0v) is 13.0. The Bertz CT molecular complexity index is 481. The van der Waals surface area contributed by atoms with Crippen LogP contribution in [0.5, 0.6) is 0 Å². The molecule has 1 aromatic carbocycles. The highest BCUT2D eigenvalue weighted by Gasteiger charge is 2.39. The van der Waals surface area contributed by atoms with Gasteiger partial charge in [-0.05, 0) is 51.2 Å². The number of amides is 1. The fourth-order valence-electron chi connectivity index (χ4n) is 2.34. The van der Waals surface area contributed by atoms with Crippen molar-refractivity contribution in [3.05, 3.63) is 35.4 Å². The molecular formula is C17H26N2O. The van der Waals surface area contributed by atoms with Crippen molar-refractivity contribution in [2.24, 2.45) is 11.7 Å². The van der Waals surface area contributed by atoms with E-state index in [9.17, 15) is 4.79 Å². The maximum atomic E-state index is 12.1. The number of carbonyl (C=O) groups excluding carboxylic acids is 1. The van der Waals surface area contributed by atoms with Crippen molar-refractivity contribution in [1.29, 1.82) is 0 Å². The first-order valence-electron chi connectivity index (χ1n) is 7.40. The van der Waals surface area contributed by atoms with E-state index in [4.69, 9.17) is 5.73 Å². The van der Waals surface area contributed by atoms with Gasteiger partial charge >= 0.3 is 0 Å². The molecule has 0 aliphatic heterocycles. The van der Waals surface area contributed by atoms with Crippen molar-refractivity contribution in [3.8, 4) is 0 Å². The average molecular weight is 274 g/mol. The summed E-state index contributed by atoms with van der Waals surface area (Å²) in [4.78, 5) is 12.1. The van der Waals surface area contributed by atoms with Crippen molar-refractivity contribution in [1.82, 2.24) is 5.32 Å². The second-order valence-corrected chi connectivity index (χ2v) is 7.20. The fourth-order valence-corrected chi connectivity index (χ4v) is 2.34. The van der Waals surface area contributed by atoms with Crippen LogP contribution in [0, 0.1) is 5.92 Å². The summed E-state index contributed by atoms with van der Waals surface area (Å²) in [5.41, 5.74) is 8.33. The third-order valence-electron chi connectivity index (χ3n) is 3.81. The van der Waals surface area contributed by atoms with Gasteiger partial charge in [-0.25, -0.2) is 0 Å². The molecule has 1 atom stereocenters. The van der Waals surface area contributed by atoms with Crippen molar-refractivity contribution in [2.75, 3.05) is 0 Å². The molecule has 1 aliphatic carbocycles. The number of rotatable bonds is 4. The number of nitrogens with one attached hydrogen (secondary N) is 1. The van der Waals surface area contributed by atoms with Crippen LogP contribution in [0.25, 0.3) is 0 Å². The fraction of sp³-hybridized carbons (Fsp3) is 0.588. The summed E-state index contributed by atoms with van der Waals surface area (Å²) >= 11 is 0. The molecule has 2 rings (SSSR count). The van der Waals surface area contributed by atoms with E-state index in [2.05, 4.69) is 29.6 Å². The highest BCUT2D eigenvalue weighted by atomic mass is 16.2. The minimum atomic E-state index is -0.174. The van der Waals surface area contributed by atoms with Crippen LogP contribution in [0.3, 0.4) is 0 Å². The first kappa shape index (κ1) is 15.0. The molecular weight excluding hydrogens is 248 g/mol. The Morgan fingerprint density at radius 2 is 1.85 bits per heavy atom. The Hall–Kier alpha value is -1.35. The Balaban J connectivity index is 1.94. The largest absolute Gasteiger partial charge is 0.351 e. The Morgan fingerprint density at radius 3 is 2.30 bits per heavy atom. The number of hydrogen-bond donors (Lipinski definition) is 2. The van der Waals surface area contributed by atoms with Crippen molar-refractivity contribution < 1.29 is 4.79 Å². The van der Waals surface area contributed by atoms with Crippen LogP contribution < -0.4 is 11.1 Å². The molecule has 3 nitrogen and oxygen atoms in total.